The molecular weight excluding hydrogens is 313 g/mol. The second-order valence-electron chi connectivity index (χ2n) is 5.11. The summed E-state index contributed by atoms with van der Waals surface area (Å²) in [6, 6.07) is 3.42. The highest BCUT2D eigenvalue weighted by atomic mass is 19.4. The summed E-state index contributed by atoms with van der Waals surface area (Å²) in [5, 5.41) is 5.67. The zero-order chi connectivity index (χ0) is 17.6. The number of rotatable bonds is 5. The van der Waals surface area contributed by atoms with Crippen molar-refractivity contribution in [2.24, 2.45) is 4.99 Å². The first-order valence-electron chi connectivity index (χ1n) is 6.96. The highest BCUT2D eigenvalue weighted by Crippen LogP contribution is 2.16. The van der Waals surface area contributed by atoms with Crippen LogP contribution in [0.25, 0.3) is 0 Å². The molecule has 1 unspecified atom stereocenters. The molecule has 9 heteroatoms. The fraction of sp³-hybridized carbons (Fsp3) is 0.571. The summed E-state index contributed by atoms with van der Waals surface area (Å²) in [4.78, 5) is 16.2. The van der Waals surface area contributed by atoms with Gasteiger partial charge in [-0.3, -0.25) is 9.79 Å². The summed E-state index contributed by atoms with van der Waals surface area (Å²) >= 11 is 0. The van der Waals surface area contributed by atoms with Gasteiger partial charge >= 0.3 is 6.18 Å². The van der Waals surface area contributed by atoms with E-state index in [-0.39, 0.29) is 12.6 Å². The molecule has 1 rings (SSSR count). The van der Waals surface area contributed by atoms with Gasteiger partial charge in [-0.25, -0.2) is 0 Å². The lowest BCUT2D eigenvalue weighted by atomic mass is 10.2. The van der Waals surface area contributed by atoms with Crippen molar-refractivity contribution in [3.63, 3.8) is 0 Å². The number of hydrogen-bond acceptors (Lipinski definition) is 3. The van der Waals surface area contributed by atoms with Gasteiger partial charge in [0.15, 0.2) is 5.96 Å². The average molecular weight is 334 g/mol. The number of carbonyl (C=O) groups is 1. The molecule has 0 aliphatic heterocycles. The number of aryl methyl sites for hydroxylation is 1. The number of carbonyl (C=O) groups excluding carboxylic acids is 1. The number of furan rings is 1. The van der Waals surface area contributed by atoms with Crippen LogP contribution < -0.4 is 10.6 Å². The Balaban J connectivity index is 2.49. The molecule has 1 aromatic heterocycles. The Labute approximate surface area is 132 Å². The van der Waals surface area contributed by atoms with Crippen LogP contribution in [0.5, 0.6) is 0 Å². The molecule has 1 amide bonds. The second kappa shape index (κ2) is 7.89. The SMILES string of the molecule is CN=C(NCC(=O)N(C)CC(F)(F)F)NC(C)c1ccc(C)o1. The predicted octanol–water partition coefficient (Wildman–Crippen LogP) is 1.83. The van der Waals surface area contributed by atoms with Gasteiger partial charge in [0.2, 0.25) is 5.91 Å². The van der Waals surface area contributed by atoms with Crippen molar-refractivity contribution in [2.75, 3.05) is 27.2 Å². The van der Waals surface area contributed by atoms with E-state index in [0.717, 1.165) is 12.8 Å². The first-order chi connectivity index (χ1) is 10.6. The van der Waals surface area contributed by atoms with Gasteiger partial charge in [-0.05, 0) is 26.0 Å². The maximum atomic E-state index is 12.2. The van der Waals surface area contributed by atoms with Crippen LogP contribution in [0.15, 0.2) is 21.5 Å². The Morgan fingerprint density at radius 1 is 1.43 bits per heavy atom. The smallest absolute Gasteiger partial charge is 0.406 e. The normalized spacial score (nSPS) is 13.6. The molecule has 0 fully saturated rings. The van der Waals surface area contributed by atoms with Crippen molar-refractivity contribution >= 4 is 11.9 Å². The minimum absolute atomic E-state index is 0.210. The number of amides is 1. The molecule has 0 aliphatic carbocycles. The molecule has 0 aromatic carbocycles. The lowest BCUT2D eigenvalue weighted by molar-refractivity contribution is -0.157. The lowest BCUT2D eigenvalue weighted by Gasteiger charge is -2.20. The van der Waals surface area contributed by atoms with Gasteiger partial charge in [-0.1, -0.05) is 0 Å². The van der Waals surface area contributed by atoms with E-state index in [1.54, 1.807) is 0 Å². The number of aliphatic imine (C=N–C) groups is 1. The molecule has 1 heterocycles. The first-order valence-corrected chi connectivity index (χ1v) is 6.96. The largest absolute Gasteiger partial charge is 0.464 e. The summed E-state index contributed by atoms with van der Waals surface area (Å²) in [6.45, 7) is 2.07. The number of guanidine groups is 1. The van der Waals surface area contributed by atoms with Crippen LogP contribution in [0.1, 0.15) is 24.5 Å². The van der Waals surface area contributed by atoms with Crippen molar-refractivity contribution in [2.45, 2.75) is 26.1 Å². The summed E-state index contributed by atoms with van der Waals surface area (Å²) < 4.78 is 42.2. The standard InChI is InChI=1S/C14H21F3N4O2/c1-9-5-6-11(23-9)10(2)20-13(18-3)19-7-12(22)21(4)8-14(15,16)17/h5-6,10H,7-8H2,1-4H3,(H2,18,19,20). The Morgan fingerprint density at radius 3 is 2.57 bits per heavy atom. The van der Waals surface area contributed by atoms with Gasteiger partial charge in [0, 0.05) is 14.1 Å². The molecule has 6 nitrogen and oxygen atoms in total. The Kier molecular flexibility index (Phi) is 6.47. The number of nitrogens with zero attached hydrogens (tertiary/aromatic N) is 2. The number of hydrogen-bond donors (Lipinski definition) is 2. The van der Waals surface area contributed by atoms with Crippen molar-refractivity contribution in [1.82, 2.24) is 15.5 Å². The fourth-order valence-electron chi connectivity index (χ4n) is 1.81. The molecule has 2 N–H and O–H groups in total. The van der Waals surface area contributed by atoms with Gasteiger partial charge in [0.25, 0.3) is 0 Å². The third-order valence-electron chi connectivity index (χ3n) is 3.01. The fourth-order valence-corrected chi connectivity index (χ4v) is 1.81. The highest BCUT2D eigenvalue weighted by molar-refractivity contribution is 5.86. The van der Waals surface area contributed by atoms with Gasteiger partial charge in [-0.15, -0.1) is 0 Å². The van der Waals surface area contributed by atoms with E-state index in [4.69, 9.17) is 4.42 Å². The van der Waals surface area contributed by atoms with Crippen molar-refractivity contribution in [3.05, 3.63) is 23.7 Å². The van der Waals surface area contributed by atoms with Crippen LogP contribution in [-0.4, -0.2) is 50.1 Å². The molecule has 1 atom stereocenters. The summed E-state index contributed by atoms with van der Waals surface area (Å²) in [7, 11) is 2.60. The maximum absolute atomic E-state index is 12.2. The zero-order valence-electron chi connectivity index (χ0n) is 13.5. The Hall–Kier alpha value is -2.19. The van der Waals surface area contributed by atoms with E-state index in [2.05, 4.69) is 15.6 Å². The average Bonchev–Trinajstić information content (AvgIpc) is 2.87. The Bertz CT molecular complexity index is 554. The molecule has 1 aromatic rings. The van der Waals surface area contributed by atoms with E-state index in [9.17, 15) is 18.0 Å². The van der Waals surface area contributed by atoms with E-state index >= 15 is 0 Å². The minimum atomic E-state index is -4.42. The molecule has 130 valence electrons. The van der Waals surface area contributed by atoms with E-state index in [1.165, 1.54) is 7.05 Å². The molecule has 0 saturated heterocycles. The molecule has 0 bridgehead atoms. The van der Waals surface area contributed by atoms with Crippen LogP contribution in [0, 0.1) is 6.92 Å². The molecular formula is C14H21F3N4O2. The topological polar surface area (TPSA) is 69.9 Å². The van der Waals surface area contributed by atoms with Crippen LogP contribution in [0.3, 0.4) is 0 Å². The minimum Gasteiger partial charge on any atom is -0.464 e. The molecule has 23 heavy (non-hydrogen) atoms. The van der Waals surface area contributed by atoms with Gasteiger partial charge in [0.05, 0.1) is 12.6 Å². The van der Waals surface area contributed by atoms with E-state index in [0.29, 0.717) is 16.6 Å². The number of likely N-dealkylation sites (N-methyl/N-ethyl adjacent to an activating group) is 1. The van der Waals surface area contributed by atoms with Gasteiger partial charge in [-0.2, -0.15) is 13.2 Å². The van der Waals surface area contributed by atoms with Crippen molar-refractivity contribution < 1.29 is 22.4 Å². The quantitative estimate of drug-likeness (QED) is 0.637. The summed E-state index contributed by atoms with van der Waals surface area (Å²) in [5.74, 6) is 1.05. The monoisotopic (exact) mass is 334 g/mol. The molecule has 0 saturated carbocycles. The van der Waals surface area contributed by atoms with Crippen molar-refractivity contribution in [3.8, 4) is 0 Å². The molecule has 0 spiro atoms. The maximum Gasteiger partial charge on any atom is 0.406 e. The summed E-state index contributed by atoms with van der Waals surface area (Å²) in [6.07, 6.45) is -4.42. The molecule has 0 radical (unpaired) electrons. The Morgan fingerprint density at radius 2 is 2.09 bits per heavy atom. The number of alkyl halides is 3. The molecule has 0 aliphatic rings. The van der Waals surface area contributed by atoms with Gasteiger partial charge in [0.1, 0.15) is 18.1 Å². The zero-order valence-corrected chi connectivity index (χ0v) is 13.5. The first kappa shape index (κ1) is 18.9. The van der Waals surface area contributed by atoms with Crippen LogP contribution in [-0.2, 0) is 4.79 Å². The third-order valence-corrected chi connectivity index (χ3v) is 3.01. The highest BCUT2D eigenvalue weighted by Gasteiger charge is 2.31. The number of halogens is 3. The lowest BCUT2D eigenvalue weighted by Crippen LogP contribution is -2.46. The van der Waals surface area contributed by atoms with Crippen LogP contribution >= 0.6 is 0 Å². The number of nitrogens with one attached hydrogen (secondary N) is 2. The van der Waals surface area contributed by atoms with Crippen LogP contribution in [0.2, 0.25) is 0 Å². The summed E-state index contributed by atoms with van der Waals surface area (Å²) in [5.41, 5.74) is 0. The van der Waals surface area contributed by atoms with E-state index < -0.39 is 18.6 Å². The predicted molar refractivity (Wildman–Crippen MR) is 80.0 cm³/mol. The second-order valence-corrected chi connectivity index (χ2v) is 5.11. The van der Waals surface area contributed by atoms with E-state index in [1.807, 2.05) is 26.0 Å². The van der Waals surface area contributed by atoms with Gasteiger partial charge < -0.3 is 20.0 Å². The third kappa shape index (κ3) is 6.62. The van der Waals surface area contributed by atoms with Crippen LogP contribution in [0.4, 0.5) is 13.2 Å². The van der Waals surface area contributed by atoms with Crippen molar-refractivity contribution in [1.29, 1.82) is 0 Å².